The van der Waals surface area contributed by atoms with Crippen molar-refractivity contribution in [3.63, 3.8) is 0 Å². The van der Waals surface area contributed by atoms with E-state index in [0.29, 0.717) is 24.3 Å². The number of fused-ring (bicyclic) bond motifs is 1. The molecule has 0 radical (unpaired) electrons. The van der Waals surface area contributed by atoms with Crippen molar-refractivity contribution < 1.29 is 4.92 Å². The van der Waals surface area contributed by atoms with Gasteiger partial charge in [0.25, 0.3) is 11.2 Å². The molecule has 0 aliphatic rings. The summed E-state index contributed by atoms with van der Waals surface area (Å²) in [6.07, 6.45) is 4.97. The van der Waals surface area contributed by atoms with Crippen molar-refractivity contribution in [2.45, 2.75) is 20.0 Å². The summed E-state index contributed by atoms with van der Waals surface area (Å²) in [4.78, 5) is 33.6. The van der Waals surface area contributed by atoms with Crippen molar-refractivity contribution in [1.82, 2.24) is 19.5 Å². The van der Waals surface area contributed by atoms with Crippen LogP contribution in [0.3, 0.4) is 0 Å². The Morgan fingerprint density at radius 1 is 1.21 bits per heavy atom. The quantitative estimate of drug-likeness (QED) is 0.386. The maximum Gasteiger partial charge on any atom is 0.293 e. The smallest absolute Gasteiger partial charge is 0.293 e. The summed E-state index contributed by atoms with van der Waals surface area (Å²) in [6.45, 7) is 3.04. The van der Waals surface area contributed by atoms with Crippen molar-refractivity contribution in [3.05, 3.63) is 92.5 Å². The number of anilines is 1. The summed E-state index contributed by atoms with van der Waals surface area (Å²) in [5.74, 6) is 0.933. The average molecular weight is 390 g/mol. The number of aromatic nitrogens is 4. The van der Waals surface area contributed by atoms with E-state index in [-0.39, 0.29) is 11.1 Å². The number of aromatic amines is 1. The van der Waals surface area contributed by atoms with Crippen molar-refractivity contribution in [2.24, 2.45) is 0 Å². The van der Waals surface area contributed by atoms with Gasteiger partial charge in [-0.25, -0.2) is 9.97 Å². The zero-order valence-electron chi connectivity index (χ0n) is 15.6. The topological polar surface area (TPSA) is 119 Å². The van der Waals surface area contributed by atoms with Gasteiger partial charge in [-0.15, -0.1) is 0 Å². The molecule has 0 spiro atoms. The zero-order chi connectivity index (χ0) is 20.4. The molecule has 146 valence electrons. The highest BCUT2D eigenvalue weighted by molar-refractivity contribution is 5.86. The number of nitro groups is 1. The van der Waals surface area contributed by atoms with E-state index in [1.807, 2.05) is 42.0 Å². The fraction of sp³-hybridized carbons (Fsp3) is 0.150. The lowest BCUT2D eigenvalue weighted by Gasteiger charge is -2.10. The van der Waals surface area contributed by atoms with Crippen LogP contribution in [0, 0.1) is 17.0 Å². The maximum atomic E-state index is 11.9. The Hall–Kier alpha value is -4.01. The van der Waals surface area contributed by atoms with Crippen molar-refractivity contribution >= 4 is 22.3 Å². The second-order valence-corrected chi connectivity index (χ2v) is 6.65. The van der Waals surface area contributed by atoms with E-state index < -0.39 is 10.5 Å². The zero-order valence-corrected chi connectivity index (χ0v) is 15.6. The molecule has 0 bridgehead atoms. The largest absolute Gasteiger partial charge is 0.375 e. The minimum atomic E-state index is -0.507. The molecule has 2 aromatic heterocycles. The molecule has 4 rings (SSSR count). The van der Waals surface area contributed by atoms with Crippen molar-refractivity contribution in [3.8, 4) is 0 Å². The minimum absolute atomic E-state index is 0.166. The highest BCUT2D eigenvalue weighted by atomic mass is 16.6. The molecule has 0 saturated heterocycles. The van der Waals surface area contributed by atoms with Gasteiger partial charge in [-0.05, 0) is 24.1 Å². The van der Waals surface area contributed by atoms with E-state index in [9.17, 15) is 14.9 Å². The van der Waals surface area contributed by atoms with E-state index in [4.69, 9.17) is 0 Å². The molecule has 9 nitrogen and oxygen atoms in total. The standard InChI is InChI=1S/C20H18N6O3/c1-13-21-5-6-25(13)11-15-4-2-3-14(7-15)10-22-18-9-17-16(8-19(18)26(28)29)20(27)24-12-23-17/h2-9,12,22H,10-11H2,1H3,(H,23,24,27). The number of nitrogens with zero attached hydrogens (tertiary/aromatic N) is 4. The molecule has 4 aromatic rings. The van der Waals surface area contributed by atoms with Gasteiger partial charge in [0, 0.05) is 31.5 Å². The minimum Gasteiger partial charge on any atom is -0.375 e. The number of imidazole rings is 1. The van der Waals surface area contributed by atoms with E-state index in [2.05, 4.69) is 20.3 Å². The van der Waals surface area contributed by atoms with E-state index in [1.165, 1.54) is 18.5 Å². The van der Waals surface area contributed by atoms with Gasteiger partial charge in [-0.3, -0.25) is 14.9 Å². The lowest BCUT2D eigenvalue weighted by molar-refractivity contribution is -0.383. The number of H-pyrrole nitrogens is 1. The molecule has 0 unspecified atom stereocenters. The SMILES string of the molecule is Cc1nccn1Cc1cccc(CNc2cc3nc[nH]c(=O)c3cc2[N+](=O)[O-])c1. The Balaban J connectivity index is 1.59. The van der Waals surface area contributed by atoms with Crippen LogP contribution in [-0.2, 0) is 13.1 Å². The first kappa shape index (κ1) is 18.4. The fourth-order valence-electron chi connectivity index (χ4n) is 3.20. The number of nitrogens with one attached hydrogen (secondary N) is 2. The molecule has 0 aliphatic heterocycles. The van der Waals surface area contributed by atoms with Crippen LogP contribution in [0.15, 0.2) is 59.9 Å². The van der Waals surface area contributed by atoms with Gasteiger partial charge in [-0.1, -0.05) is 24.3 Å². The Bertz CT molecular complexity index is 1260. The predicted octanol–water partition coefficient (Wildman–Crippen LogP) is 3.00. The third-order valence-corrected chi connectivity index (χ3v) is 4.71. The normalized spacial score (nSPS) is 10.9. The van der Waals surface area contributed by atoms with Gasteiger partial charge in [0.15, 0.2) is 0 Å². The third kappa shape index (κ3) is 3.84. The summed E-state index contributed by atoms with van der Waals surface area (Å²) in [7, 11) is 0. The average Bonchev–Trinajstić information content (AvgIpc) is 3.11. The van der Waals surface area contributed by atoms with Gasteiger partial charge in [0.2, 0.25) is 0 Å². The molecular formula is C20H18N6O3. The summed E-state index contributed by atoms with van der Waals surface area (Å²) in [5.41, 5.74) is 2.22. The molecule has 0 amide bonds. The molecule has 2 heterocycles. The Morgan fingerprint density at radius 3 is 2.79 bits per heavy atom. The second-order valence-electron chi connectivity index (χ2n) is 6.65. The third-order valence-electron chi connectivity index (χ3n) is 4.71. The van der Waals surface area contributed by atoms with Crippen molar-refractivity contribution in [1.29, 1.82) is 0 Å². The van der Waals surface area contributed by atoms with Crippen LogP contribution in [0.2, 0.25) is 0 Å². The predicted molar refractivity (Wildman–Crippen MR) is 109 cm³/mol. The fourth-order valence-corrected chi connectivity index (χ4v) is 3.20. The number of benzene rings is 2. The molecule has 9 heteroatoms. The van der Waals surface area contributed by atoms with Crippen LogP contribution in [0.25, 0.3) is 10.9 Å². The van der Waals surface area contributed by atoms with Gasteiger partial charge < -0.3 is 14.9 Å². The maximum absolute atomic E-state index is 11.9. The number of rotatable bonds is 6. The number of aryl methyl sites for hydroxylation is 1. The van der Waals surface area contributed by atoms with E-state index in [1.54, 1.807) is 6.20 Å². The number of hydrogen-bond acceptors (Lipinski definition) is 6. The van der Waals surface area contributed by atoms with E-state index >= 15 is 0 Å². The molecule has 2 N–H and O–H groups in total. The summed E-state index contributed by atoms with van der Waals surface area (Å²) < 4.78 is 2.05. The summed E-state index contributed by atoms with van der Waals surface area (Å²) in [6, 6.07) is 10.8. The lowest BCUT2D eigenvalue weighted by atomic mass is 10.1. The number of nitro benzene ring substituents is 1. The van der Waals surface area contributed by atoms with Gasteiger partial charge >= 0.3 is 0 Å². The van der Waals surface area contributed by atoms with Gasteiger partial charge in [0.05, 0.1) is 22.2 Å². The Kier molecular flexibility index (Phi) is 4.78. The van der Waals surface area contributed by atoms with Crippen molar-refractivity contribution in [2.75, 3.05) is 5.32 Å². The van der Waals surface area contributed by atoms with Crippen LogP contribution in [0.4, 0.5) is 11.4 Å². The first-order chi connectivity index (χ1) is 14.0. The first-order valence-corrected chi connectivity index (χ1v) is 8.96. The molecule has 2 aromatic carbocycles. The highest BCUT2D eigenvalue weighted by Gasteiger charge is 2.17. The molecule has 0 aliphatic carbocycles. The van der Waals surface area contributed by atoms with Crippen LogP contribution >= 0.6 is 0 Å². The van der Waals surface area contributed by atoms with Crippen LogP contribution in [0.5, 0.6) is 0 Å². The van der Waals surface area contributed by atoms with Gasteiger partial charge in [0.1, 0.15) is 11.5 Å². The number of hydrogen-bond donors (Lipinski definition) is 2. The molecule has 0 saturated carbocycles. The molecule has 29 heavy (non-hydrogen) atoms. The molecule has 0 atom stereocenters. The van der Waals surface area contributed by atoms with Crippen LogP contribution < -0.4 is 10.9 Å². The van der Waals surface area contributed by atoms with Gasteiger partial charge in [-0.2, -0.15) is 0 Å². The highest BCUT2D eigenvalue weighted by Crippen LogP contribution is 2.28. The van der Waals surface area contributed by atoms with Crippen LogP contribution in [0.1, 0.15) is 17.0 Å². The lowest BCUT2D eigenvalue weighted by Crippen LogP contribution is -2.09. The van der Waals surface area contributed by atoms with E-state index in [0.717, 1.165) is 17.0 Å². The Labute approximate surface area is 165 Å². The monoisotopic (exact) mass is 390 g/mol. The Morgan fingerprint density at radius 2 is 2.03 bits per heavy atom. The summed E-state index contributed by atoms with van der Waals surface area (Å²) >= 11 is 0. The first-order valence-electron chi connectivity index (χ1n) is 8.96. The second kappa shape index (κ2) is 7.55. The van der Waals surface area contributed by atoms with Crippen LogP contribution in [-0.4, -0.2) is 24.4 Å². The molecular weight excluding hydrogens is 372 g/mol. The molecule has 0 fully saturated rings. The summed E-state index contributed by atoms with van der Waals surface area (Å²) in [5, 5.41) is 14.8.